The number of nitrogens with zero attached hydrogens (tertiary/aromatic N) is 1. The van der Waals surface area contributed by atoms with Gasteiger partial charge in [-0.1, -0.05) is 86.6 Å². The van der Waals surface area contributed by atoms with E-state index in [1.165, 1.54) is 65.6 Å². The molecule has 0 bridgehead atoms. The van der Waals surface area contributed by atoms with Gasteiger partial charge in [-0.15, -0.1) is 0 Å². The zero-order chi connectivity index (χ0) is 21.4. The molecule has 0 aliphatic carbocycles. The standard InChI is InChI=1S/C31H23N/c1-19(2)20-11-13-21(14-12-20)23-17-26-25-9-5-6-10-28(25)32-29-16-15-22-7-3-4-8-24(22)30(29)27(18-23)31(26)32/h3-19H,1-2H3. The van der Waals surface area contributed by atoms with E-state index in [2.05, 4.69) is 115 Å². The third kappa shape index (κ3) is 2.28. The summed E-state index contributed by atoms with van der Waals surface area (Å²) in [5.74, 6) is 0.542. The lowest BCUT2D eigenvalue weighted by Crippen LogP contribution is -1.87. The lowest BCUT2D eigenvalue weighted by molar-refractivity contribution is 0.867. The van der Waals surface area contributed by atoms with Crippen molar-refractivity contribution in [3.05, 3.63) is 103 Å². The first-order valence-electron chi connectivity index (χ1n) is 11.4. The maximum Gasteiger partial charge on any atom is 0.0621 e. The first-order chi connectivity index (χ1) is 15.7. The van der Waals surface area contributed by atoms with Crippen molar-refractivity contribution >= 4 is 48.9 Å². The van der Waals surface area contributed by atoms with Crippen molar-refractivity contribution in [3.8, 4) is 11.1 Å². The topological polar surface area (TPSA) is 4.41 Å². The zero-order valence-electron chi connectivity index (χ0n) is 18.3. The van der Waals surface area contributed by atoms with Gasteiger partial charge in [0, 0.05) is 21.5 Å². The number of aromatic nitrogens is 1. The second-order valence-electron chi connectivity index (χ2n) is 9.23. The lowest BCUT2D eigenvalue weighted by atomic mass is 9.95. The molecule has 0 aliphatic heterocycles. The number of fused-ring (bicyclic) bond motifs is 8. The third-order valence-electron chi connectivity index (χ3n) is 7.10. The Morgan fingerprint density at radius 3 is 2.09 bits per heavy atom. The average Bonchev–Trinajstić information content (AvgIpc) is 3.35. The Balaban J connectivity index is 1.68. The summed E-state index contributed by atoms with van der Waals surface area (Å²) >= 11 is 0. The molecule has 0 spiro atoms. The summed E-state index contributed by atoms with van der Waals surface area (Å²) in [6, 6.07) is 36.0. The van der Waals surface area contributed by atoms with E-state index in [4.69, 9.17) is 0 Å². The summed E-state index contributed by atoms with van der Waals surface area (Å²) in [7, 11) is 0. The van der Waals surface area contributed by atoms with E-state index in [0.29, 0.717) is 5.92 Å². The van der Waals surface area contributed by atoms with Crippen LogP contribution >= 0.6 is 0 Å². The SMILES string of the molecule is CC(C)c1ccc(-c2cc3c4ccccc4n4c5ccc6ccccc6c5c(c2)c34)cc1. The fourth-order valence-electron chi connectivity index (χ4n) is 5.49. The van der Waals surface area contributed by atoms with Crippen LogP contribution in [0.3, 0.4) is 0 Å². The van der Waals surface area contributed by atoms with Gasteiger partial charge in [-0.2, -0.15) is 0 Å². The minimum absolute atomic E-state index is 0.542. The second kappa shape index (κ2) is 6.34. The van der Waals surface area contributed by atoms with Crippen LogP contribution in [0.4, 0.5) is 0 Å². The van der Waals surface area contributed by atoms with E-state index in [1.54, 1.807) is 0 Å². The van der Waals surface area contributed by atoms with Crippen molar-refractivity contribution in [3.63, 3.8) is 0 Å². The van der Waals surface area contributed by atoms with Crippen LogP contribution in [0.25, 0.3) is 60.0 Å². The molecule has 0 unspecified atom stereocenters. The van der Waals surface area contributed by atoms with Crippen molar-refractivity contribution in [2.75, 3.05) is 0 Å². The zero-order valence-corrected chi connectivity index (χ0v) is 18.3. The summed E-state index contributed by atoms with van der Waals surface area (Å²) in [5.41, 5.74) is 7.85. The molecule has 0 saturated carbocycles. The van der Waals surface area contributed by atoms with Crippen LogP contribution in [0, 0.1) is 0 Å². The molecule has 0 saturated heterocycles. The number of rotatable bonds is 2. The molecule has 32 heavy (non-hydrogen) atoms. The van der Waals surface area contributed by atoms with Crippen molar-refractivity contribution in [1.29, 1.82) is 0 Å². The maximum absolute atomic E-state index is 2.47. The highest BCUT2D eigenvalue weighted by Crippen LogP contribution is 2.43. The molecule has 7 aromatic rings. The molecule has 0 atom stereocenters. The van der Waals surface area contributed by atoms with Crippen LogP contribution in [0.2, 0.25) is 0 Å². The third-order valence-corrected chi connectivity index (χ3v) is 7.10. The number of hydrogen-bond donors (Lipinski definition) is 0. The van der Waals surface area contributed by atoms with E-state index >= 15 is 0 Å². The molecule has 1 nitrogen and oxygen atoms in total. The summed E-state index contributed by atoms with van der Waals surface area (Å²) < 4.78 is 2.47. The number of hydrogen-bond acceptors (Lipinski definition) is 0. The molecule has 5 aromatic carbocycles. The van der Waals surface area contributed by atoms with Gasteiger partial charge in [0.25, 0.3) is 0 Å². The minimum Gasteiger partial charge on any atom is -0.308 e. The van der Waals surface area contributed by atoms with Gasteiger partial charge in [-0.25, -0.2) is 0 Å². The first kappa shape index (κ1) is 17.8. The highest BCUT2D eigenvalue weighted by molar-refractivity contribution is 6.29. The Morgan fingerprint density at radius 1 is 0.562 bits per heavy atom. The van der Waals surface area contributed by atoms with Crippen LogP contribution in [0.5, 0.6) is 0 Å². The van der Waals surface area contributed by atoms with Crippen LogP contribution in [0.1, 0.15) is 25.3 Å². The Kier molecular flexibility index (Phi) is 3.52. The fraction of sp³-hybridized carbons (Fsp3) is 0.0968. The fourth-order valence-corrected chi connectivity index (χ4v) is 5.49. The van der Waals surface area contributed by atoms with Gasteiger partial charge >= 0.3 is 0 Å². The Morgan fingerprint density at radius 2 is 1.28 bits per heavy atom. The van der Waals surface area contributed by atoms with Crippen LogP contribution in [-0.4, -0.2) is 4.40 Å². The van der Waals surface area contributed by atoms with Crippen molar-refractivity contribution in [1.82, 2.24) is 4.40 Å². The van der Waals surface area contributed by atoms with Gasteiger partial charge in [-0.05, 0) is 57.6 Å². The van der Waals surface area contributed by atoms with Gasteiger partial charge in [0.05, 0.1) is 16.6 Å². The molecule has 7 rings (SSSR count). The molecule has 0 radical (unpaired) electrons. The first-order valence-corrected chi connectivity index (χ1v) is 11.4. The van der Waals surface area contributed by atoms with Crippen LogP contribution < -0.4 is 0 Å². The molecule has 2 heterocycles. The number of para-hydroxylation sites is 1. The Hall–Kier alpha value is -3.84. The Labute approximate surface area is 186 Å². The van der Waals surface area contributed by atoms with Crippen molar-refractivity contribution < 1.29 is 0 Å². The summed E-state index contributed by atoms with van der Waals surface area (Å²) in [6.07, 6.45) is 0. The van der Waals surface area contributed by atoms with Crippen molar-refractivity contribution in [2.45, 2.75) is 19.8 Å². The van der Waals surface area contributed by atoms with E-state index in [1.807, 2.05) is 0 Å². The second-order valence-corrected chi connectivity index (χ2v) is 9.23. The molecule has 152 valence electrons. The highest BCUT2D eigenvalue weighted by Gasteiger charge is 2.19. The molecule has 0 amide bonds. The van der Waals surface area contributed by atoms with Crippen LogP contribution in [-0.2, 0) is 0 Å². The minimum atomic E-state index is 0.542. The largest absolute Gasteiger partial charge is 0.308 e. The van der Waals surface area contributed by atoms with Gasteiger partial charge in [0.1, 0.15) is 0 Å². The predicted molar refractivity (Wildman–Crippen MR) is 138 cm³/mol. The molecule has 0 fully saturated rings. The molecule has 2 aromatic heterocycles. The summed E-state index contributed by atoms with van der Waals surface area (Å²) in [4.78, 5) is 0. The Bertz CT molecular complexity index is 1780. The lowest BCUT2D eigenvalue weighted by Gasteiger charge is -2.08. The van der Waals surface area contributed by atoms with E-state index < -0.39 is 0 Å². The molecule has 0 aliphatic rings. The molecule has 1 heteroatoms. The molecular weight excluding hydrogens is 386 g/mol. The predicted octanol–water partition coefficient (Wildman–Crippen LogP) is 8.78. The normalized spacial score (nSPS) is 12.3. The van der Waals surface area contributed by atoms with E-state index in [9.17, 15) is 0 Å². The molecule has 0 N–H and O–H groups in total. The van der Waals surface area contributed by atoms with Gasteiger partial charge in [0.2, 0.25) is 0 Å². The summed E-state index contributed by atoms with van der Waals surface area (Å²) in [5, 5.41) is 7.97. The van der Waals surface area contributed by atoms with Gasteiger partial charge in [-0.3, -0.25) is 0 Å². The smallest absolute Gasteiger partial charge is 0.0621 e. The van der Waals surface area contributed by atoms with E-state index in [0.717, 1.165) is 0 Å². The maximum atomic E-state index is 2.47. The quantitative estimate of drug-likeness (QED) is 0.269. The van der Waals surface area contributed by atoms with E-state index in [-0.39, 0.29) is 0 Å². The molecular formula is C31H23N. The summed E-state index contributed by atoms with van der Waals surface area (Å²) in [6.45, 7) is 4.50. The van der Waals surface area contributed by atoms with Gasteiger partial charge < -0.3 is 4.40 Å². The van der Waals surface area contributed by atoms with Crippen molar-refractivity contribution in [2.24, 2.45) is 0 Å². The number of benzene rings is 5. The monoisotopic (exact) mass is 409 g/mol. The highest BCUT2D eigenvalue weighted by atomic mass is 14.9. The average molecular weight is 410 g/mol. The van der Waals surface area contributed by atoms with Crippen LogP contribution in [0.15, 0.2) is 97.1 Å². The van der Waals surface area contributed by atoms with Gasteiger partial charge in [0.15, 0.2) is 0 Å².